The Labute approximate surface area is 201 Å². The number of fused-ring (bicyclic) bond motifs is 1. The van der Waals surface area contributed by atoms with Gasteiger partial charge in [0.05, 0.1) is 25.7 Å². The van der Waals surface area contributed by atoms with Crippen LogP contribution in [0.25, 0.3) is 0 Å². The fourth-order valence-corrected chi connectivity index (χ4v) is 6.69. The minimum Gasteiger partial charge on any atom is -0.453 e. The van der Waals surface area contributed by atoms with Gasteiger partial charge in [0.25, 0.3) is 0 Å². The molecule has 0 aromatic heterocycles. The average Bonchev–Trinajstić information content (AvgIpc) is 3.60. The van der Waals surface area contributed by atoms with E-state index in [-0.39, 0.29) is 59.5 Å². The minimum atomic E-state index is -0.351. The highest BCUT2D eigenvalue weighted by atomic mass is 16.6. The molecule has 2 amide bonds. The van der Waals surface area contributed by atoms with Crippen molar-refractivity contribution in [1.82, 2.24) is 9.80 Å². The predicted octanol–water partition coefficient (Wildman–Crippen LogP) is 2.83. The summed E-state index contributed by atoms with van der Waals surface area (Å²) in [6.07, 6.45) is 3.55. The van der Waals surface area contributed by atoms with Crippen LogP contribution in [0, 0.1) is 17.8 Å². The first-order valence-corrected chi connectivity index (χ1v) is 12.5. The topological polar surface area (TPSA) is 93.4 Å². The molecule has 4 heterocycles. The highest BCUT2D eigenvalue weighted by molar-refractivity contribution is 5.70. The van der Waals surface area contributed by atoms with E-state index in [2.05, 4.69) is 26.8 Å². The van der Waals surface area contributed by atoms with Crippen molar-refractivity contribution in [2.45, 2.75) is 69.5 Å². The first-order valence-electron chi connectivity index (χ1n) is 12.5. The van der Waals surface area contributed by atoms with Gasteiger partial charge in [-0.05, 0) is 40.0 Å². The van der Waals surface area contributed by atoms with E-state index in [9.17, 15) is 9.59 Å². The summed E-state index contributed by atoms with van der Waals surface area (Å²) in [6.45, 7) is 9.49. The highest BCUT2D eigenvalue weighted by Gasteiger charge is 2.72. The highest BCUT2D eigenvalue weighted by Crippen LogP contribution is 2.59. The van der Waals surface area contributed by atoms with Crippen molar-refractivity contribution in [1.29, 1.82) is 0 Å². The standard InChI is InChI=1S/C25H38N2O7/c1-15(2)6-7-19-24(3,34-19)21-20(30-4)18(8-9-25(21)14-32-25)33-23(29)27-12-16-10-26(22(28)31-5)11-17(16)13-27/h6,16-21H,7-14H2,1-5H3/t16-,17+,18-,19-,20-,21-,24+,25+/m1/s1. The molecule has 0 N–H and O–H groups in total. The fraction of sp³-hybridized carbons (Fsp3) is 0.840. The smallest absolute Gasteiger partial charge is 0.410 e. The molecule has 190 valence electrons. The quantitative estimate of drug-likeness (QED) is 0.443. The van der Waals surface area contributed by atoms with Gasteiger partial charge < -0.3 is 33.5 Å². The second-order valence-electron chi connectivity index (χ2n) is 11.1. The lowest BCUT2D eigenvalue weighted by molar-refractivity contribution is -0.121. The van der Waals surface area contributed by atoms with Crippen molar-refractivity contribution in [3.63, 3.8) is 0 Å². The zero-order chi connectivity index (χ0) is 24.3. The van der Waals surface area contributed by atoms with E-state index >= 15 is 0 Å². The number of carbonyl (C=O) groups excluding carboxylic acids is 2. The normalized spacial score (nSPS) is 42.4. The monoisotopic (exact) mass is 478 g/mol. The number of hydrogen-bond acceptors (Lipinski definition) is 7. The van der Waals surface area contributed by atoms with Gasteiger partial charge >= 0.3 is 12.2 Å². The third-order valence-electron chi connectivity index (χ3n) is 8.67. The molecule has 1 aliphatic carbocycles. The zero-order valence-corrected chi connectivity index (χ0v) is 21.0. The first kappa shape index (κ1) is 23.9. The summed E-state index contributed by atoms with van der Waals surface area (Å²) in [5.74, 6) is 0.544. The molecule has 0 radical (unpaired) electrons. The maximum atomic E-state index is 13.1. The van der Waals surface area contributed by atoms with Crippen LogP contribution in [0.1, 0.15) is 40.0 Å². The predicted molar refractivity (Wildman–Crippen MR) is 122 cm³/mol. The van der Waals surface area contributed by atoms with Crippen molar-refractivity contribution in [3.05, 3.63) is 11.6 Å². The molecule has 5 aliphatic rings. The Kier molecular flexibility index (Phi) is 6.09. The summed E-state index contributed by atoms with van der Waals surface area (Å²) in [7, 11) is 3.09. The largest absolute Gasteiger partial charge is 0.453 e. The lowest BCUT2D eigenvalue weighted by atomic mass is 9.68. The molecule has 0 bridgehead atoms. The van der Waals surface area contributed by atoms with Crippen LogP contribution in [0.5, 0.6) is 0 Å². The van der Waals surface area contributed by atoms with Gasteiger partial charge in [0.15, 0.2) is 0 Å². The van der Waals surface area contributed by atoms with Gasteiger partial charge in [0.1, 0.15) is 23.4 Å². The van der Waals surface area contributed by atoms with Crippen LogP contribution in [0.15, 0.2) is 11.6 Å². The summed E-state index contributed by atoms with van der Waals surface area (Å²) >= 11 is 0. The maximum absolute atomic E-state index is 13.1. The van der Waals surface area contributed by atoms with Crippen molar-refractivity contribution < 1.29 is 33.3 Å². The van der Waals surface area contributed by atoms with E-state index in [0.717, 1.165) is 12.8 Å². The van der Waals surface area contributed by atoms with Crippen molar-refractivity contribution in [2.75, 3.05) is 47.0 Å². The van der Waals surface area contributed by atoms with Crippen LogP contribution in [-0.4, -0.2) is 98.5 Å². The number of ether oxygens (including phenoxy) is 5. The van der Waals surface area contributed by atoms with Crippen LogP contribution in [0.2, 0.25) is 0 Å². The van der Waals surface area contributed by atoms with Crippen LogP contribution < -0.4 is 0 Å². The lowest BCUT2D eigenvalue weighted by Gasteiger charge is -2.43. The first-order chi connectivity index (χ1) is 16.2. The third-order valence-corrected chi connectivity index (χ3v) is 8.67. The Morgan fingerprint density at radius 2 is 1.68 bits per heavy atom. The third kappa shape index (κ3) is 4.09. The number of amides is 2. The van der Waals surface area contributed by atoms with Crippen molar-refractivity contribution in [2.24, 2.45) is 17.8 Å². The Hall–Kier alpha value is -1.84. The van der Waals surface area contributed by atoms with Crippen LogP contribution in [0.3, 0.4) is 0 Å². The molecular formula is C25H38N2O7. The van der Waals surface area contributed by atoms with Gasteiger partial charge in [-0.2, -0.15) is 0 Å². The molecule has 4 saturated heterocycles. The number of likely N-dealkylation sites (tertiary alicyclic amines) is 2. The molecule has 0 aromatic carbocycles. The summed E-state index contributed by atoms with van der Waals surface area (Å²) in [5.41, 5.74) is 0.690. The molecule has 0 aromatic rings. The Bertz CT molecular complexity index is 840. The molecule has 34 heavy (non-hydrogen) atoms. The molecule has 1 saturated carbocycles. The van der Waals surface area contributed by atoms with Crippen molar-refractivity contribution in [3.8, 4) is 0 Å². The molecular weight excluding hydrogens is 440 g/mol. The molecule has 5 fully saturated rings. The molecule has 9 nitrogen and oxygen atoms in total. The van der Waals surface area contributed by atoms with Crippen LogP contribution in [0.4, 0.5) is 9.59 Å². The van der Waals surface area contributed by atoms with E-state index in [0.29, 0.717) is 39.2 Å². The molecule has 8 atom stereocenters. The van der Waals surface area contributed by atoms with Gasteiger partial charge in [-0.3, -0.25) is 0 Å². The summed E-state index contributed by atoms with van der Waals surface area (Å²) in [6, 6.07) is 0. The average molecular weight is 479 g/mol. The number of carbonyl (C=O) groups is 2. The number of nitrogens with zero attached hydrogens (tertiary/aromatic N) is 2. The molecule has 9 heteroatoms. The van der Waals surface area contributed by atoms with Gasteiger partial charge in [0, 0.05) is 45.1 Å². The van der Waals surface area contributed by atoms with E-state index in [1.807, 2.05) is 0 Å². The van der Waals surface area contributed by atoms with Gasteiger partial charge in [-0.25, -0.2) is 9.59 Å². The molecule has 5 rings (SSSR count). The van der Waals surface area contributed by atoms with Crippen molar-refractivity contribution >= 4 is 12.2 Å². The summed E-state index contributed by atoms with van der Waals surface area (Å²) in [4.78, 5) is 28.5. The molecule has 0 unspecified atom stereocenters. The van der Waals surface area contributed by atoms with E-state index in [1.165, 1.54) is 12.7 Å². The van der Waals surface area contributed by atoms with E-state index in [1.54, 1.807) is 16.9 Å². The number of epoxide rings is 2. The second-order valence-corrected chi connectivity index (χ2v) is 11.1. The SMILES string of the molecule is COC(=O)N1C[C@@H]2CN(C(=O)O[C@@H]3CC[C@]4(CO4)[C@@H]([C@@]4(C)O[C@@H]4CC=C(C)C)[C@@H]3OC)C[C@@H]2C1. The van der Waals surface area contributed by atoms with Gasteiger partial charge in [-0.15, -0.1) is 0 Å². The number of allylic oxidation sites excluding steroid dienone is 1. The number of hydrogen-bond donors (Lipinski definition) is 0. The Balaban J connectivity index is 1.22. The zero-order valence-electron chi connectivity index (χ0n) is 21.0. The maximum Gasteiger partial charge on any atom is 0.410 e. The lowest BCUT2D eigenvalue weighted by Crippen LogP contribution is -2.56. The van der Waals surface area contributed by atoms with Crippen LogP contribution >= 0.6 is 0 Å². The van der Waals surface area contributed by atoms with E-state index < -0.39 is 0 Å². The van der Waals surface area contributed by atoms with Gasteiger partial charge in [-0.1, -0.05) is 11.6 Å². The van der Waals surface area contributed by atoms with Gasteiger partial charge in [0.2, 0.25) is 0 Å². The number of rotatable bonds is 5. The fourth-order valence-electron chi connectivity index (χ4n) is 6.69. The second kappa shape index (κ2) is 8.68. The molecule has 1 spiro atoms. The summed E-state index contributed by atoms with van der Waals surface area (Å²) in [5, 5.41) is 0. The summed E-state index contributed by atoms with van der Waals surface area (Å²) < 4.78 is 29.2. The minimum absolute atomic E-state index is 0.0127. The van der Waals surface area contributed by atoms with E-state index in [4.69, 9.17) is 23.7 Å². The number of methoxy groups -OCH3 is 2. The Morgan fingerprint density at radius 1 is 1.06 bits per heavy atom. The Morgan fingerprint density at radius 3 is 2.21 bits per heavy atom. The molecule has 4 aliphatic heterocycles. The van der Waals surface area contributed by atoms with Crippen LogP contribution in [-0.2, 0) is 23.7 Å².